The molecule has 10 heteroatoms. The maximum atomic E-state index is 13.3. The number of benzene rings is 1. The van der Waals surface area contributed by atoms with E-state index in [1.54, 1.807) is 17.1 Å². The van der Waals surface area contributed by atoms with Crippen molar-refractivity contribution in [2.45, 2.75) is 24.9 Å². The predicted octanol–water partition coefficient (Wildman–Crippen LogP) is 3.39. The number of nitrogens with zero attached hydrogens (tertiary/aromatic N) is 3. The minimum absolute atomic E-state index is 0. The van der Waals surface area contributed by atoms with Gasteiger partial charge in [0, 0.05) is 42.7 Å². The SMILES string of the molecule is Cl.Cl.O=C(NCc1cn(-c2ccccc2)nc1-c1ccncc1)C1CC(F)(F)CN1. The molecule has 1 unspecified atom stereocenters. The summed E-state index contributed by atoms with van der Waals surface area (Å²) in [6, 6.07) is 12.4. The normalized spacial score (nSPS) is 16.9. The zero-order valence-corrected chi connectivity index (χ0v) is 17.4. The predicted molar refractivity (Wildman–Crippen MR) is 114 cm³/mol. The average molecular weight is 456 g/mol. The first-order valence-electron chi connectivity index (χ1n) is 8.95. The molecule has 6 nitrogen and oxygen atoms in total. The number of aromatic nitrogens is 3. The minimum atomic E-state index is -2.84. The molecule has 2 aromatic heterocycles. The quantitative estimate of drug-likeness (QED) is 0.618. The molecule has 1 aromatic carbocycles. The summed E-state index contributed by atoms with van der Waals surface area (Å²) in [5, 5.41) is 9.97. The number of carbonyl (C=O) groups is 1. The molecule has 0 aliphatic carbocycles. The van der Waals surface area contributed by atoms with E-state index in [1.165, 1.54) is 0 Å². The van der Waals surface area contributed by atoms with E-state index in [0.717, 1.165) is 16.8 Å². The Kier molecular flexibility index (Phi) is 7.89. The van der Waals surface area contributed by atoms with E-state index in [9.17, 15) is 13.6 Å². The lowest BCUT2D eigenvalue weighted by atomic mass is 10.1. The number of amides is 1. The molecule has 1 saturated heterocycles. The number of nitrogens with one attached hydrogen (secondary N) is 2. The number of carbonyl (C=O) groups excluding carboxylic acids is 1. The van der Waals surface area contributed by atoms with Crippen molar-refractivity contribution >= 4 is 30.7 Å². The summed E-state index contributed by atoms with van der Waals surface area (Å²) in [7, 11) is 0. The molecule has 1 fully saturated rings. The fourth-order valence-electron chi connectivity index (χ4n) is 3.21. The largest absolute Gasteiger partial charge is 0.351 e. The summed E-state index contributed by atoms with van der Waals surface area (Å²) >= 11 is 0. The molecular formula is C20H21Cl2F2N5O. The van der Waals surface area contributed by atoms with Gasteiger partial charge in [-0.25, -0.2) is 13.5 Å². The summed E-state index contributed by atoms with van der Waals surface area (Å²) in [5.74, 6) is -3.28. The fraction of sp³-hybridized carbons (Fsp3) is 0.250. The van der Waals surface area contributed by atoms with Gasteiger partial charge in [0.2, 0.25) is 5.91 Å². The number of para-hydroxylation sites is 1. The molecular weight excluding hydrogens is 435 g/mol. The van der Waals surface area contributed by atoms with Gasteiger partial charge in [0.15, 0.2) is 0 Å². The molecule has 0 radical (unpaired) electrons. The Hall–Kier alpha value is -2.55. The van der Waals surface area contributed by atoms with Crippen molar-refractivity contribution < 1.29 is 13.6 Å². The Balaban J connectivity index is 0.00000160. The van der Waals surface area contributed by atoms with E-state index >= 15 is 0 Å². The maximum absolute atomic E-state index is 13.3. The first-order valence-corrected chi connectivity index (χ1v) is 8.95. The van der Waals surface area contributed by atoms with Gasteiger partial charge in [-0.05, 0) is 24.3 Å². The minimum Gasteiger partial charge on any atom is -0.351 e. The molecule has 1 amide bonds. The molecule has 0 saturated carbocycles. The van der Waals surface area contributed by atoms with Crippen molar-refractivity contribution in [3.63, 3.8) is 0 Å². The molecule has 3 heterocycles. The van der Waals surface area contributed by atoms with Crippen LogP contribution in [0.4, 0.5) is 8.78 Å². The highest BCUT2D eigenvalue weighted by molar-refractivity contribution is 5.85. The standard InChI is InChI=1S/C20H19F2N5O.2ClH/c21-20(22)10-17(25-13-20)19(28)24-11-15-12-27(16-4-2-1-3-5-16)26-18(15)14-6-8-23-9-7-14;;/h1-9,12,17,25H,10-11,13H2,(H,24,28);2*1H. The van der Waals surface area contributed by atoms with Gasteiger partial charge in [-0.3, -0.25) is 15.1 Å². The number of pyridine rings is 1. The zero-order chi connectivity index (χ0) is 19.6. The highest BCUT2D eigenvalue weighted by Crippen LogP contribution is 2.26. The summed E-state index contributed by atoms with van der Waals surface area (Å²) < 4.78 is 28.4. The lowest BCUT2D eigenvalue weighted by molar-refractivity contribution is -0.123. The molecule has 1 aliphatic rings. The van der Waals surface area contributed by atoms with Gasteiger partial charge in [-0.1, -0.05) is 18.2 Å². The van der Waals surface area contributed by atoms with Crippen LogP contribution in [0.25, 0.3) is 16.9 Å². The zero-order valence-electron chi connectivity index (χ0n) is 15.8. The summed E-state index contributed by atoms with van der Waals surface area (Å²) in [4.78, 5) is 16.3. The number of hydrogen-bond donors (Lipinski definition) is 2. The van der Waals surface area contributed by atoms with E-state index in [0.29, 0.717) is 5.69 Å². The Morgan fingerprint density at radius 2 is 1.87 bits per heavy atom. The molecule has 1 aliphatic heterocycles. The average Bonchev–Trinajstić information content (AvgIpc) is 3.31. The third-order valence-corrected chi connectivity index (χ3v) is 4.64. The van der Waals surface area contributed by atoms with Gasteiger partial charge in [-0.15, -0.1) is 24.8 Å². The number of halogens is 4. The van der Waals surface area contributed by atoms with Crippen LogP contribution in [0.15, 0.2) is 61.1 Å². The van der Waals surface area contributed by atoms with Crippen molar-refractivity contribution in [2.75, 3.05) is 6.54 Å². The van der Waals surface area contributed by atoms with Crippen LogP contribution in [0.5, 0.6) is 0 Å². The second-order valence-corrected chi connectivity index (χ2v) is 6.73. The smallest absolute Gasteiger partial charge is 0.262 e. The number of alkyl halides is 2. The van der Waals surface area contributed by atoms with Crippen LogP contribution < -0.4 is 10.6 Å². The van der Waals surface area contributed by atoms with Gasteiger partial charge in [0.25, 0.3) is 5.92 Å². The topological polar surface area (TPSA) is 71.8 Å². The van der Waals surface area contributed by atoms with Crippen molar-refractivity contribution in [1.82, 2.24) is 25.4 Å². The molecule has 3 aromatic rings. The van der Waals surface area contributed by atoms with Crippen molar-refractivity contribution in [3.05, 3.63) is 66.6 Å². The third-order valence-electron chi connectivity index (χ3n) is 4.64. The molecule has 4 rings (SSSR count). The third kappa shape index (κ3) is 5.33. The Morgan fingerprint density at radius 1 is 1.17 bits per heavy atom. The second-order valence-electron chi connectivity index (χ2n) is 6.73. The van der Waals surface area contributed by atoms with Crippen molar-refractivity contribution in [2.24, 2.45) is 0 Å². The van der Waals surface area contributed by atoms with E-state index < -0.39 is 30.8 Å². The highest BCUT2D eigenvalue weighted by Gasteiger charge is 2.42. The van der Waals surface area contributed by atoms with Crippen LogP contribution in [-0.4, -0.2) is 39.2 Å². The lowest BCUT2D eigenvalue weighted by Crippen LogP contribution is -2.40. The van der Waals surface area contributed by atoms with E-state index in [-0.39, 0.29) is 31.4 Å². The highest BCUT2D eigenvalue weighted by atomic mass is 35.5. The van der Waals surface area contributed by atoms with Gasteiger partial charge in [-0.2, -0.15) is 5.10 Å². The monoisotopic (exact) mass is 455 g/mol. The van der Waals surface area contributed by atoms with Crippen molar-refractivity contribution in [1.29, 1.82) is 0 Å². The number of hydrogen-bond acceptors (Lipinski definition) is 4. The fourth-order valence-corrected chi connectivity index (χ4v) is 3.21. The molecule has 2 N–H and O–H groups in total. The Morgan fingerprint density at radius 3 is 2.50 bits per heavy atom. The summed E-state index contributed by atoms with van der Waals surface area (Å²) in [6.45, 7) is -0.285. The van der Waals surface area contributed by atoms with Crippen LogP contribution in [0.1, 0.15) is 12.0 Å². The molecule has 0 spiro atoms. The van der Waals surface area contributed by atoms with Gasteiger partial charge >= 0.3 is 0 Å². The lowest BCUT2D eigenvalue weighted by Gasteiger charge is -2.11. The Labute approximate surface area is 184 Å². The second kappa shape index (κ2) is 9.97. The summed E-state index contributed by atoms with van der Waals surface area (Å²) in [6.07, 6.45) is 4.69. The van der Waals surface area contributed by atoms with E-state index in [4.69, 9.17) is 0 Å². The van der Waals surface area contributed by atoms with Crippen LogP contribution in [0.3, 0.4) is 0 Å². The first-order chi connectivity index (χ1) is 13.5. The van der Waals surface area contributed by atoms with Crippen LogP contribution in [0, 0.1) is 0 Å². The molecule has 0 bridgehead atoms. The van der Waals surface area contributed by atoms with Crippen LogP contribution in [0.2, 0.25) is 0 Å². The van der Waals surface area contributed by atoms with E-state index in [1.807, 2.05) is 48.7 Å². The van der Waals surface area contributed by atoms with Gasteiger partial charge in [0.1, 0.15) is 0 Å². The van der Waals surface area contributed by atoms with E-state index in [2.05, 4.69) is 20.7 Å². The van der Waals surface area contributed by atoms with Crippen LogP contribution >= 0.6 is 24.8 Å². The van der Waals surface area contributed by atoms with Crippen LogP contribution in [-0.2, 0) is 11.3 Å². The van der Waals surface area contributed by atoms with Crippen molar-refractivity contribution in [3.8, 4) is 16.9 Å². The van der Waals surface area contributed by atoms with Gasteiger partial charge in [0.05, 0.1) is 24.0 Å². The maximum Gasteiger partial charge on any atom is 0.262 e. The summed E-state index contributed by atoms with van der Waals surface area (Å²) in [5.41, 5.74) is 3.23. The number of rotatable bonds is 5. The Bertz CT molecular complexity index is 970. The molecule has 160 valence electrons. The molecule has 30 heavy (non-hydrogen) atoms. The first kappa shape index (κ1) is 23.7. The molecule has 1 atom stereocenters. The van der Waals surface area contributed by atoms with Gasteiger partial charge < -0.3 is 5.32 Å².